The van der Waals surface area contributed by atoms with Crippen LogP contribution in [0.25, 0.3) is 0 Å². The Morgan fingerprint density at radius 3 is 2.81 bits per heavy atom. The monoisotopic (exact) mass is 228 g/mol. The van der Waals surface area contributed by atoms with Crippen LogP contribution in [0.5, 0.6) is 0 Å². The lowest BCUT2D eigenvalue weighted by Gasteiger charge is -2.31. The minimum absolute atomic E-state index is 0.295. The fourth-order valence-electron chi connectivity index (χ4n) is 2.35. The number of carbonyl (C=O) groups is 1. The van der Waals surface area contributed by atoms with Crippen LogP contribution in [0.4, 0.5) is 0 Å². The molecule has 0 aromatic carbocycles. The quantitative estimate of drug-likeness (QED) is 0.717. The van der Waals surface area contributed by atoms with Gasteiger partial charge in [0.2, 0.25) is 0 Å². The highest BCUT2D eigenvalue weighted by Crippen LogP contribution is 2.21. The topological polar surface area (TPSA) is 55.6 Å². The van der Waals surface area contributed by atoms with Gasteiger partial charge in [-0.25, -0.2) is 0 Å². The molecule has 1 aliphatic heterocycles. The maximum absolute atomic E-state index is 11.7. The van der Waals surface area contributed by atoms with Crippen LogP contribution in [0.15, 0.2) is 0 Å². The van der Waals surface area contributed by atoms with Crippen molar-refractivity contribution in [2.75, 3.05) is 19.7 Å². The van der Waals surface area contributed by atoms with Crippen molar-refractivity contribution in [3.05, 3.63) is 0 Å². The molecule has 1 rings (SSSR count). The summed E-state index contributed by atoms with van der Waals surface area (Å²) < 4.78 is 5.00. The van der Waals surface area contributed by atoms with E-state index in [4.69, 9.17) is 10.5 Å². The Labute approximate surface area is 98.1 Å². The third kappa shape index (κ3) is 3.19. The third-order valence-corrected chi connectivity index (χ3v) is 3.24. The Kier molecular flexibility index (Phi) is 4.74. The molecular weight excluding hydrogens is 204 g/mol. The predicted octanol–water partition coefficient (Wildman–Crippen LogP) is 1.14. The molecule has 1 heterocycles. The van der Waals surface area contributed by atoms with Gasteiger partial charge in [0.1, 0.15) is 5.54 Å². The van der Waals surface area contributed by atoms with E-state index < -0.39 is 5.54 Å². The van der Waals surface area contributed by atoms with Crippen LogP contribution in [-0.4, -0.2) is 42.1 Å². The summed E-state index contributed by atoms with van der Waals surface area (Å²) in [7, 11) is 0. The summed E-state index contributed by atoms with van der Waals surface area (Å²) >= 11 is 0. The average molecular weight is 228 g/mol. The molecule has 2 atom stereocenters. The van der Waals surface area contributed by atoms with Gasteiger partial charge in [0, 0.05) is 12.6 Å². The number of nitrogens with two attached hydrogens (primary N) is 1. The highest BCUT2D eigenvalue weighted by atomic mass is 16.5. The van der Waals surface area contributed by atoms with Gasteiger partial charge >= 0.3 is 5.97 Å². The van der Waals surface area contributed by atoms with Crippen molar-refractivity contribution in [3.63, 3.8) is 0 Å². The largest absolute Gasteiger partial charge is 0.465 e. The molecule has 94 valence electrons. The van der Waals surface area contributed by atoms with Gasteiger partial charge in [-0.1, -0.05) is 6.92 Å². The van der Waals surface area contributed by atoms with E-state index in [0.29, 0.717) is 19.2 Å². The molecule has 16 heavy (non-hydrogen) atoms. The van der Waals surface area contributed by atoms with E-state index in [0.717, 1.165) is 13.0 Å². The van der Waals surface area contributed by atoms with Gasteiger partial charge < -0.3 is 10.5 Å². The number of hydrogen-bond donors (Lipinski definition) is 1. The maximum Gasteiger partial charge on any atom is 0.327 e. The minimum Gasteiger partial charge on any atom is -0.465 e. The number of hydrogen-bond acceptors (Lipinski definition) is 4. The first-order chi connectivity index (χ1) is 7.51. The van der Waals surface area contributed by atoms with Gasteiger partial charge in [0.15, 0.2) is 0 Å². The molecule has 1 aliphatic rings. The lowest BCUT2D eigenvalue weighted by molar-refractivity contribution is -0.149. The normalized spacial score (nSPS) is 25.4. The minimum atomic E-state index is -0.881. The number of nitrogens with zero attached hydrogens (tertiary/aromatic N) is 1. The molecule has 4 heteroatoms. The van der Waals surface area contributed by atoms with Crippen molar-refractivity contribution in [3.8, 4) is 0 Å². The van der Waals surface area contributed by atoms with Gasteiger partial charge in [-0.3, -0.25) is 9.69 Å². The molecule has 2 N–H and O–H groups in total. The number of esters is 1. The van der Waals surface area contributed by atoms with E-state index in [2.05, 4.69) is 11.8 Å². The highest BCUT2D eigenvalue weighted by molar-refractivity contribution is 5.80. The molecule has 0 amide bonds. The van der Waals surface area contributed by atoms with Crippen LogP contribution in [0.1, 0.15) is 40.0 Å². The predicted molar refractivity (Wildman–Crippen MR) is 64.1 cm³/mol. The summed E-state index contributed by atoms with van der Waals surface area (Å²) in [6.45, 7) is 7.79. The zero-order chi connectivity index (χ0) is 12.2. The summed E-state index contributed by atoms with van der Waals surface area (Å²) in [4.78, 5) is 14.0. The second kappa shape index (κ2) is 5.64. The van der Waals surface area contributed by atoms with Crippen molar-refractivity contribution in [2.45, 2.75) is 51.6 Å². The van der Waals surface area contributed by atoms with E-state index in [1.54, 1.807) is 13.8 Å². The first kappa shape index (κ1) is 13.5. The summed E-state index contributed by atoms with van der Waals surface area (Å²) in [6.07, 6.45) is 3.55. The van der Waals surface area contributed by atoms with Crippen LogP contribution in [0.2, 0.25) is 0 Å². The summed E-state index contributed by atoms with van der Waals surface area (Å²) in [5.41, 5.74) is 5.15. The first-order valence-corrected chi connectivity index (χ1v) is 6.21. The van der Waals surface area contributed by atoms with E-state index >= 15 is 0 Å². The first-order valence-electron chi connectivity index (χ1n) is 6.21. The van der Waals surface area contributed by atoms with Crippen molar-refractivity contribution < 1.29 is 9.53 Å². The van der Waals surface area contributed by atoms with Crippen LogP contribution < -0.4 is 5.73 Å². The van der Waals surface area contributed by atoms with Gasteiger partial charge in [0.25, 0.3) is 0 Å². The molecule has 0 saturated carbocycles. The Bertz CT molecular complexity index is 241. The van der Waals surface area contributed by atoms with Crippen LogP contribution in [0, 0.1) is 0 Å². The summed E-state index contributed by atoms with van der Waals surface area (Å²) in [5, 5.41) is 0. The fourth-order valence-corrected chi connectivity index (χ4v) is 2.35. The zero-order valence-electron chi connectivity index (χ0n) is 10.7. The highest BCUT2D eigenvalue weighted by Gasteiger charge is 2.35. The van der Waals surface area contributed by atoms with Crippen molar-refractivity contribution in [2.24, 2.45) is 5.73 Å². The molecule has 4 nitrogen and oxygen atoms in total. The average Bonchev–Trinajstić information content (AvgIpc) is 2.64. The van der Waals surface area contributed by atoms with E-state index in [-0.39, 0.29) is 5.97 Å². The number of carbonyl (C=O) groups excluding carboxylic acids is 1. The SMILES string of the molecule is CCOC(=O)C(C)(N)CN1CCCC1CC. The van der Waals surface area contributed by atoms with E-state index in [9.17, 15) is 4.79 Å². The van der Waals surface area contributed by atoms with Gasteiger partial charge in [-0.05, 0) is 39.7 Å². The van der Waals surface area contributed by atoms with Gasteiger partial charge in [-0.2, -0.15) is 0 Å². The number of likely N-dealkylation sites (tertiary alicyclic amines) is 1. The Morgan fingerprint density at radius 2 is 2.25 bits per heavy atom. The summed E-state index contributed by atoms with van der Waals surface area (Å²) in [5.74, 6) is -0.295. The Hall–Kier alpha value is -0.610. The lowest BCUT2D eigenvalue weighted by Crippen LogP contribution is -2.55. The van der Waals surface area contributed by atoms with Crippen LogP contribution in [-0.2, 0) is 9.53 Å². The molecule has 0 aromatic heterocycles. The molecule has 0 aliphatic carbocycles. The molecule has 2 unspecified atom stereocenters. The standard InChI is InChI=1S/C12H24N2O2/c1-4-10-7-6-8-14(10)9-12(3,13)11(15)16-5-2/h10H,4-9,13H2,1-3H3. The molecular formula is C12H24N2O2. The molecule has 1 fully saturated rings. The lowest BCUT2D eigenvalue weighted by atomic mass is 10.0. The Morgan fingerprint density at radius 1 is 1.56 bits per heavy atom. The van der Waals surface area contributed by atoms with Crippen LogP contribution >= 0.6 is 0 Å². The van der Waals surface area contributed by atoms with Crippen molar-refractivity contribution in [1.82, 2.24) is 4.90 Å². The van der Waals surface area contributed by atoms with Crippen molar-refractivity contribution >= 4 is 5.97 Å². The smallest absolute Gasteiger partial charge is 0.327 e. The molecule has 0 bridgehead atoms. The van der Waals surface area contributed by atoms with E-state index in [1.165, 1.54) is 12.8 Å². The van der Waals surface area contributed by atoms with Gasteiger partial charge in [-0.15, -0.1) is 0 Å². The molecule has 1 saturated heterocycles. The zero-order valence-corrected chi connectivity index (χ0v) is 10.7. The second-order valence-electron chi connectivity index (χ2n) is 4.81. The summed E-state index contributed by atoms with van der Waals surface area (Å²) in [6, 6.07) is 0.581. The molecule has 0 spiro atoms. The number of rotatable bonds is 5. The third-order valence-electron chi connectivity index (χ3n) is 3.24. The number of ether oxygens (including phenoxy) is 1. The second-order valence-corrected chi connectivity index (χ2v) is 4.81. The fraction of sp³-hybridized carbons (Fsp3) is 0.917. The van der Waals surface area contributed by atoms with Gasteiger partial charge in [0.05, 0.1) is 6.61 Å². The molecule has 0 radical (unpaired) electrons. The van der Waals surface area contributed by atoms with Crippen LogP contribution in [0.3, 0.4) is 0 Å². The maximum atomic E-state index is 11.7. The Balaban J connectivity index is 2.54. The van der Waals surface area contributed by atoms with Crippen molar-refractivity contribution in [1.29, 1.82) is 0 Å². The van der Waals surface area contributed by atoms with E-state index in [1.807, 2.05) is 0 Å². The molecule has 0 aromatic rings.